The highest BCUT2D eigenvalue weighted by atomic mass is 35.5. The highest BCUT2D eigenvalue weighted by Gasteiger charge is 2.05. The van der Waals surface area contributed by atoms with Crippen molar-refractivity contribution < 1.29 is 4.74 Å². The van der Waals surface area contributed by atoms with Crippen molar-refractivity contribution in [3.8, 4) is 17.0 Å². The summed E-state index contributed by atoms with van der Waals surface area (Å²) in [5, 5.41) is 7.53. The van der Waals surface area contributed by atoms with Crippen molar-refractivity contribution in [1.29, 1.82) is 0 Å². The summed E-state index contributed by atoms with van der Waals surface area (Å²) in [7, 11) is 1.65. The van der Waals surface area contributed by atoms with Gasteiger partial charge >= 0.3 is 0 Å². The molecular weight excluding hydrogens is 330 g/mol. The van der Waals surface area contributed by atoms with Gasteiger partial charge < -0.3 is 4.74 Å². The number of hydrazone groups is 1. The topological polar surface area (TPSA) is 46.5 Å². The number of nitrogens with zero attached hydrogens (tertiary/aromatic N) is 2. The van der Waals surface area contributed by atoms with Crippen LogP contribution in [-0.4, -0.2) is 18.3 Å². The Morgan fingerprint density at radius 3 is 2.91 bits per heavy atom. The van der Waals surface area contributed by atoms with E-state index < -0.39 is 0 Å². The van der Waals surface area contributed by atoms with E-state index in [1.54, 1.807) is 13.3 Å². The number of benzene rings is 2. The van der Waals surface area contributed by atoms with Crippen molar-refractivity contribution in [3.05, 3.63) is 64.5 Å². The van der Waals surface area contributed by atoms with Crippen LogP contribution in [0.25, 0.3) is 11.3 Å². The minimum atomic E-state index is 0.661. The molecule has 4 nitrogen and oxygen atoms in total. The molecule has 1 aromatic heterocycles. The summed E-state index contributed by atoms with van der Waals surface area (Å²) in [6, 6.07) is 15.3. The number of rotatable bonds is 5. The predicted molar refractivity (Wildman–Crippen MR) is 96.8 cm³/mol. The van der Waals surface area contributed by atoms with Crippen molar-refractivity contribution in [2.45, 2.75) is 0 Å². The van der Waals surface area contributed by atoms with Crippen LogP contribution in [0.4, 0.5) is 5.13 Å². The molecule has 0 aliphatic rings. The number of nitrogens with one attached hydrogen (secondary N) is 1. The lowest BCUT2D eigenvalue weighted by molar-refractivity contribution is 0.415. The van der Waals surface area contributed by atoms with E-state index in [1.807, 2.05) is 53.9 Å². The van der Waals surface area contributed by atoms with Crippen molar-refractivity contribution in [2.75, 3.05) is 12.5 Å². The fraction of sp³-hybridized carbons (Fsp3) is 0.0588. The van der Waals surface area contributed by atoms with Crippen LogP contribution in [0.2, 0.25) is 5.02 Å². The number of thiazole rings is 1. The molecule has 0 unspecified atom stereocenters. The minimum absolute atomic E-state index is 0.661. The van der Waals surface area contributed by atoms with Gasteiger partial charge in [-0.05, 0) is 18.2 Å². The lowest BCUT2D eigenvalue weighted by Gasteiger charge is -2.01. The second-order valence-corrected chi connectivity index (χ2v) is 5.93. The monoisotopic (exact) mass is 343 g/mol. The van der Waals surface area contributed by atoms with Crippen LogP contribution >= 0.6 is 22.9 Å². The molecule has 0 aliphatic heterocycles. The molecule has 6 heteroatoms. The van der Waals surface area contributed by atoms with Crippen LogP contribution in [0.3, 0.4) is 0 Å². The summed E-state index contributed by atoms with van der Waals surface area (Å²) in [5.74, 6) is 0.807. The zero-order valence-electron chi connectivity index (χ0n) is 12.4. The van der Waals surface area contributed by atoms with Gasteiger partial charge in [0.2, 0.25) is 5.13 Å². The number of ether oxygens (including phenoxy) is 1. The van der Waals surface area contributed by atoms with Crippen LogP contribution < -0.4 is 10.2 Å². The molecule has 0 saturated carbocycles. The van der Waals surface area contributed by atoms with Gasteiger partial charge in [0.1, 0.15) is 5.75 Å². The maximum atomic E-state index is 6.07. The molecule has 23 heavy (non-hydrogen) atoms. The van der Waals surface area contributed by atoms with E-state index in [9.17, 15) is 0 Å². The van der Waals surface area contributed by atoms with Crippen LogP contribution in [0, 0.1) is 0 Å². The number of hydrogen-bond donors (Lipinski definition) is 1. The summed E-state index contributed by atoms with van der Waals surface area (Å²) in [5.41, 5.74) is 5.66. The molecule has 0 radical (unpaired) electrons. The first-order chi connectivity index (χ1) is 11.3. The summed E-state index contributed by atoms with van der Waals surface area (Å²) >= 11 is 7.56. The van der Waals surface area contributed by atoms with Gasteiger partial charge in [-0.1, -0.05) is 41.9 Å². The van der Waals surface area contributed by atoms with Gasteiger partial charge in [-0.3, -0.25) is 5.43 Å². The Kier molecular flexibility index (Phi) is 4.90. The first kappa shape index (κ1) is 15.5. The molecule has 0 bridgehead atoms. The molecule has 0 atom stereocenters. The van der Waals surface area contributed by atoms with Gasteiger partial charge in [0, 0.05) is 21.5 Å². The fourth-order valence-electron chi connectivity index (χ4n) is 1.98. The Labute approximate surface area is 143 Å². The van der Waals surface area contributed by atoms with E-state index in [1.165, 1.54) is 11.3 Å². The number of halogens is 1. The number of anilines is 1. The average Bonchev–Trinajstić information content (AvgIpc) is 3.06. The van der Waals surface area contributed by atoms with E-state index in [-0.39, 0.29) is 0 Å². The molecule has 0 aliphatic carbocycles. The molecule has 116 valence electrons. The highest BCUT2D eigenvalue weighted by molar-refractivity contribution is 7.14. The Balaban J connectivity index is 1.71. The smallest absolute Gasteiger partial charge is 0.203 e. The Bertz CT molecular complexity index is 832. The third kappa shape index (κ3) is 3.88. The van der Waals surface area contributed by atoms with E-state index >= 15 is 0 Å². The maximum Gasteiger partial charge on any atom is 0.203 e. The molecule has 1 N–H and O–H groups in total. The SMILES string of the molecule is COc1cccc(-c2csc(N/N=C\c3ccccc3Cl)n2)c1. The summed E-state index contributed by atoms with van der Waals surface area (Å²) < 4.78 is 5.23. The van der Waals surface area contributed by atoms with Crippen LogP contribution in [-0.2, 0) is 0 Å². The Hall–Kier alpha value is -2.37. The third-order valence-electron chi connectivity index (χ3n) is 3.14. The maximum absolute atomic E-state index is 6.07. The highest BCUT2D eigenvalue weighted by Crippen LogP contribution is 2.27. The quantitative estimate of drug-likeness (QED) is 0.528. The lowest BCUT2D eigenvalue weighted by Crippen LogP contribution is -1.91. The van der Waals surface area contributed by atoms with Gasteiger partial charge in [0.25, 0.3) is 0 Å². The van der Waals surface area contributed by atoms with Crippen LogP contribution in [0.1, 0.15) is 5.56 Å². The van der Waals surface area contributed by atoms with E-state index in [2.05, 4.69) is 15.5 Å². The zero-order valence-corrected chi connectivity index (χ0v) is 13.9. The number of aromatic nitrogens is 1. The molecule has 2 aromatic carbocycles. The van der Waals surface area contributed by atoms with Gasteiger partial charge in [-0.15, -0.1) is 11.3 Å². The molecule has 0 amide bonds. The fourth-order valence-corrected chi connectivity index (χ4v) is 2.83. The van der Waals surface area contributed by atoms with Crippen LogP contribution in [0.5, 0.6) is 5.75 Å². The average molecular weight is 344 g/mol. The number of methoxy groups -OCH3 is 1. The second kappa shape index (κ2) is 7.26. The lowest BCUT2D eigenvalue weighted by atomic mass is 10.2. The second-order valence-electron chi connectivity index (χ2n) is 4.66. The van der Waals surface area contributed by atoms with Gasteiger partial charge in [0.05, 0.1) is 19.0 Å². The first-order valence-electron chi connectivity index (χ1n) is 6.90. The predicted octanol–water partition coefficient (Wildman–Crippen LogP) is 4.92. The van der Waals surface area contributed by atoms with Gasteiger partial charge in [-0.25, -0.2) is 4.98 Å². The van der Waals surface area contributed by atoms with Crippen molar-refractivity contribution in [3.63, 3.8) is 0 Å². The Morgan fingerprint density at radius 2 is 2.09 bits per heavy atom. The first-order valence-corrected chi connectivity index (χ1v) is 8.15. The molecular formula is C17H14ClN3OS. The largest absolute Gasteiger partial charge is 0.497 e. The third-order valence-corrected chi connectivity index (χ3v) is 4.23. The normalized spacial score (nSPS) is 10.9. The minimum Gasteiger partial charge on any atom is -0.497 e. The van der Waals surface area contributed by atoms with Gasteiger partial charge in [0.15, 0.2) is 0 Å². The summed E-state index contributed by atoms with van der Waals surface area (Å²) in [4.78, 5) is 4.51. The number of hydrogen-bond acceptors (Lipinski definition) is 5. The van der Waals surface area contributed by atoms with Crippen LogP contribution in [0.15, 0.2) is 59.0 Å². The summed E-state index contributed by atoms with van der Waals surface area (Å²) in [6.45, 7) is 0. The molecule has 0 spiro atoms. The van der Waals surface area contributed by atoms with E-state index in [0.29, 0.717) is 10.2 Å². The summed E-state index contributed by atoms with van der Waals surface area (Å²) in [6.07, 6.45) is 1.68. The molecule has 1 heterocycles. The Morgan fingerprint density at radius 1 is 1.22 bits per heavy atom. The zero-order chi connectivity index (χ0) is 16.1. The molecule has 0 saturated heterocycles. The molecule has 3 aromatic rings. The molecule has 3 rings (SSSR count). The van der Waals surface area contributed by atoms with Crippen molar-refractivity contribution >= 4 is 34.3 Å². The van der Waals surface area contributed by atoms with E-state index in [0.717, 1.165) is 22.6 Å². The van der Waals surface area contributed by atoms with Crippen molar-refractivity contribution in [1.82, 2.24) is 4.98 Å². The standard InChI is InChI=1S/C17H14ClN3OS/c1-22-14-7-4-6-12(9-14)16-11-23-17(20-16)21-19-10-13-5-2-3-8-15(13)18/h2-11H,1H3,(H,20,21)/b19-10-. The van der Waals surface area contributed by atoms with E-state index in [4.69, 9.17) is 16.3 Å². The van der Waals surface area contributed by atoms with Crippen molar-refractivity contribution in [2.24, 2.45) is 5.10 Å². The molecule has 0 fully saturated rings. The van der Waals surface area contributed by atoms with Gasteiger partial charge in [-0.2, -0.15) is 5.10 Å².